The monoisotopic (exact) mass is 336 g/mol. The molecular formula is C19H16N2O4. The second-order valence-electron chi connectivity index (χ2n) is 5.58. The molecule has 6 nitrogen and oxygen atoms in total. The predicted octanol–water partition coefficient (Wildman–Crippen LogP) is 3.56. The van der Waals surface area contributed by atoms with Gasteiger partial charge in [0.05, 0.1) is 25.3 Å². The van der Waals surface area contributed by atoms with Crippen LogP contribution in [0, 0.1) is 0 Å². The van der Waals surface area contributed by atoms with Crippen molar-refractivity contribution in [3.63, 3.8) is 0 Å². The molecule has 0 radical (unpaired) electrons. The Hall–Kier alpha value is -3.28. The quantitative estimate of drug-likeness (QED) is 0.616. The Morgan fingerprint density at radius 1 is 1.00 bits per heavy atom. The Bertz CT molecular complexity index is 956. The molecule has 1 N–H and O–H groups in total. The van der Waals surface area contributed by atoms with E-state index in [1.165, 1.54) is 0 Å². The van der Waals surface area contributed by atoms with Crippen LogP contribution >= 0.6 is 0 Å². The fourth-order valence-electron chi connectivity index (χ4n) is 2.90. The summed E-state index contributed by atoms with van der Waals surface area (Å²) in [7, 11) is 3.15. The first kappa shape index (κ1) is 15.3. The van der Waals surface area contributed by atoms with Gasteiger partial charge < -0.3 is 19.3 Å². The number of ether oxygens (including phenoxy) is 3. The van der Waals surface area contributed by atoms with Gasteiger partial charge in [0.15, 0.2) is 17.3 Å². The molecule has 6 heteroatoms. The smallest absolute Gasteiger partial charge is 0.230 e. The van der Waals surface area contributed by atoms with Crippen molar-refractivity contribution in [1.82, 2.24) is 9.97 Å². The molecule has 0 unspecified atom stereocenters. The van der Waals surface area contributed by atoms with Crippen molar-refractivity contribution in [2.24, 2.45) is 0 Å². The van der Waals surface area contributed by atoms with E-state index in [4.69, 9.17) is 14.2 Å². The van der Waals surface area contributed by atoms with Crippen LogP contribution in [-0.2, 0) is 6.42 Å². The number of nitrogens with zero attached hydrogens (tertiary/aromatic N) is 2. The lowest BCUT2D eigenvalue weighted by atomic mass is 10.0. The fraction of sp³-hybridized carbons (Fsp3) is 0.158. The Morgan fingerprint density at radius 3 is 2.60 bits per heavy atom. The fourth-order valence-corrected chi connectivity index (χ4v) is 2.90. The number of hydrogen-bond acceptors (Lipinski definition) is 6. The van der Waals surface area contributed by atoms with Gasteiger partial charge in [-0.05, 0) is 18.2 Å². The lowest BCUT2D eigenvalue weighted by Gasteiger charge is -2.22. The van der Waals surface area contributed by atoms with Crippen LogP contribution in [0.15, 0.2) is 42.5 Å². The van der Waals surface area contributed by atoms with Gasteiger partial charge >= 0.3 is 0 Å². The maximum atomic E-state index is 10.1. The Balaban J connectivity index is 1.87. The van der Waals surface area contributed by atoms with Gasteiger partial charge in [0.2, 0.25) is 11.8 Å². The number of fused-ring (bicyclic) bond motifs is 2. The summed E-state index contributed by atoms with van der Waals surface area (Å²) in [6.07, 6.45) is 0.575. The summed E-state index contributed by atoms with van der Waals surface area (Å²) in [6, 6.07) is 12.6. The van der Waals surface area contributed by atoms with Gasteiger partial charge in [-0.2, -0.15) is 9.97 Å². The van der Waals surface area contributed by atoms with Gasteiger partial charge in [0.1, 0.15) is 5.75 Å². The highest BCUT2D eigenvalue weighted by Crippen LogP contribution is 2.44. The van der Waals surface area contributed by atoms with E-state index in [-0.39, 0.29) is 5.75 Å². The third kappa shape index (κ3) is 2.52. The van der Waals surface area contributed by atoms with Crippen molar-refractivity contribution < 1.29 is 19.3 Å². The van der Waals surface area contributed by atoms with Gasteiger partial charge in [0, 0.05) is 12.0 Å². The maximum absolute atomic E-state index is 10.1. The molecule has 2 aromatic carbocycles. The molecule has 25 heavy (non-hydrogen) atoms. The maximum Gasteiger partial charge on any atom is 0.230 e. The molecule has 0 saturated carbocycles. The van der Waals surface area contributed by atoms with Crippen molar-refractivity contribution in [2.45, 2.75) is 6.42 Å². The molecule has 3 aromatic rings. The number of aromatic hydroxyl groups is 1. The highest BCUT2D eigenvalue weighted by atomic mass is 16.5. The van der Waals surface area contributed by atoms with Crippen LogP contribution in [0.25, 0.3) is 11.4 Å². The number of rotatable bonds is 3. The van der Waals surface area contributed by atoms with E-state index in [0.29, 0.717) is 41.1 Å². The zero-order chi connectivity index (χ0) is 17.4. The molecule has 0 saturated heterocycles. The van der Waals surface area contributed by atoms with Crippen molar-refractivity contribution >= 4 is 0 Å². The molecule has 4 rings (SSSR count). The summed E-state index contributed by atoms with van der Waals surface area (Å²) in [5.41, 5.74) is 2.25. The minimum atomic E-state index is 0.0956. The molecule has 1 aliphatic heterocycles. The van der Waals surface area contributed by atoms with E-state index in [0.717, 1.165) is 11.1 Å². The third-order valence-electron chi connectivity index (χ3n) is 4.12. The molecule has 0 atom stereocenters. The molecule has 0 spiro atoms. The summed E-state index contributed by atoms with van der Waals surface area (Å²) in [5, 5.41) is 10.1. The van der Waals surface area contributed by atoms with Crippen molar-refractivity contribution in [3.8, 4) is 40.4 Å². The molecular weight excluding hydrogens is 320 g/mol. The zero-order valence-electron chi connectivity index (χ0n) is 13.8. The summed E-state index contributed by atoms with van der Waals surface area (Å²) in [5.74, 6) is 2.55. The van der Waals surface area contributed by atoms with Crippen LogP contribution in [0.3, 0.4) is 0 Å². The number of phenols is 1. The van der Waals surface area contributed by atoms with Crippen LogP contribution in [0.1, 0.15) is 11.1 Å². The van der Waals surface area contributed by atoms with E-state index < -0.39 is 0 Å². The number of aromatic nitrogens is 2. The third-order valence-corrected chi connectivity index (χ3v) is 4.12. The first-order chi connectivity index (χ1) is 12.2. The lowest BCUT2D eigenvalue weighted by molar-refractivity contribution is 0.353. The van der Waals surface area contributed by atoms with Crippen molar-refractivity contribution in [2.75, 3.05) is 14.2 Å². The average Bonchev–Trinajstić information content (AvgIpc) is 2.65. The molecule has 0 fully saturated rings. The van der Waals surface area contributed by atoms with Crippen LogP contribution in [0.2, 0.25) is 0 Å². The van der Waals surface area contributed by atoms with E-state index >= 15 is 0 Å². The summed E-state index contributed by atoms with van der Waals surface area (Å²) in [4.78, 5) is 8.94. The van der Waals surface area contributed by atoms with Gasteiger partial charge in [0.25, 0.3) is 0 Å². The Kier molecular flexibility index (Phi) is 3.65. The molecule has 2 heterocycles. The number of para-hydroxylation sites is 2. The molecule has 1 aliphatic rings. The second kappa shape index (κ2) is 5.98. The van der Waals surface area contributed by atoms with Crippen LogP contribution in [0.4, 0.5) is 0 Å². The predicted molar refractivity (Wildman–Crippen MR) is 91.6 cm³/mol. The normalized spacial score (nSPS) is 11.9. The summed E-state index contributed by atoms with van der Waals surface area (Å²) >= 11 is 0. The van der Waals surface area contributed by atoms with E-state index in [2.05, 4.69) is 9.97 Å². The number of hydrogen-bond donors (Lipinski definition) is 1. The largest absolute Gasteiger partial charge is 0.507 e. The Labute approximate surface area is 144 Å². The lowest BCUT2D eigenvalue weighted by Crippen LogP contribution is -2.10. The minimum absolute atomic E-state index is 0.0956. The molecule has 1 aromatic heterocycles. The molecule has 0 amide bonds. The summed E-state index contributed by atoms with van der Waals surface area (Å²) < 4.78 is 16.8. The SMILES string of the molecule is COc1cccc2c1Oc1nc(-c3ccccc3O)nc(OC)c1C2. The number of phenolic OH excluding ortho intramolecular Hbond substituents is 1. The molecule has 0 bridgehead atoms. The van der Waals surface area contributed by atoms with Crippen molar-refractivity contribution in [3.05, 3.63) is 53.6 Å². The highest BCUT2D eigenvalue weighted by Gasteiger charge is 2.27. The van der Waals surface area contributed by atoms with E-state index in [9.17, 15) is 5.11 Å². The van der Waals surface area contributed by atoms with Crippen LogP contribution in [0.5, 0.6) is 29.0 Å². The van der Waals surface area contributed by atoms with Crippen LogP contribution in [-0.4, -0.2) is 29.3 Å². The van der Waals surface area contributed by atoms with E-state index in [1.54, 1.807) is 32.4 Å². The second-order valence-corrected chi connectivity index (χ2v) is 5.58. The number of benzene rings is 2. The van der Waals surface area contributed by atoms with E-state index in [1.807, 2.05) is 24.3 Å². The van der Waals surface area contributed by atoms with Gasteiger partial charge in [-0.15, -0.1) is 0 Å². The molecule has 126 valence electrons. The average molecular weight is 336 g/mol. The Morgan fingerprint density at radius 2 is 1.84 bits per heavy atom. The van der Waals surface area contributed by atoms with Crippen molar-refractivity contribution in [1.29, 1.82) is 0 Å². The van der Waals surface area contributed by atoms with Gasteiger partial charge in [-0.3, -0.25) is 0 Å². The summed E-state index contributed by atoms with van der Waals surface area (Å²) in [6.45, 7) is 0. The first-order valence-corrected chi connectivity index (χ1v) is 7.78. The standard InChI is InChI=1S/C19H16N2O4/c1-23-15-9-5-6-11-10-13-18(24-2)20-17(21-19(13)25-16(11)15)12-7-3-4-8-14(12)22/h3-9,22H,10H2,1-2H3. The van der Waals surface area contributed by atoms with Gasteiger partial charge in [-0.1, -0.05) is 24.3 Å². The first-order valence-electron chi connectivity index (χ1n) is 7.78. The minimum Gasteiger partial charge on any atom is -0.507 e. The molecule has 0 aliphatic carbocycles. The van der Waals surface area contributed by atoms with Crippen LogP contribution < -0.4 is 14.2 Å². The topological polar surface area (TPSA) is 73.7 Å². The highest BCUT2D eigenvalue weighted by molar-refractivity contribution is 5.66. The zero-order valence-corrected chi connectivity index (χ0v) is 13.8. The van der Waals surface area contributed by atoms with Gasteiger partial charge in [-0.25, -0.2) is 0 Å². The number of methoxy groups -OCH3 is 2.